The van der Waals surface area contributed by atoms with Gasteiger partial charge < -0.3 is 15.2 Å². The number of allylic oxidation sites excluding steroid dienone is 2. The van der Waals surface area contributed by atoms with Crippen LogP contribution in [0.3, 0.4) is 0 Å². The van der Waals surface area contributed by atoms with Crippen molar-refractivity contribution in [1.29, 1.82) is 0 Å². The SMILES string of the molecule is CC(C)NC(=O)[C@H]1CC=CC[C@H]1C(=O)[O-]. The van der Waals surface area contributed by atoms with E-state index >= 15 is 0 Å². The summed E-state index contributed by atoms with van der Waals surface area (Å²) in [5, 5.41) is 13.6. The molecule has 0 aliphatic heterocycles. The molecule has 1 rings (SSSR count). The van der Waals surface area contributed by atoms with E-state index in [1.165, 1.54) is 0 Å². The Morgan fingerprint density at radius 2 is 1.80 bits per heavy atom. The maximum atomic E-state index is 11.7. The number of carbonyl (C=O) groups is 2. The first-order valence-corrected chi connectivity index (χ1v) is 5.18. The highest BCUT2D eigenvalue weighted by Crippen LogP contribution is 2.25. The molecule has 0 saturated heterocycles. The molecule has 0 fully saturated rings. The molecule has 1 aliphatic carbocycles. The Balaban J connectivity index is 2.69. The summed E-state index contributed by atoms with van der Waals surface area (Å²) in [6, 6.07) is 0.0332. The van der Waals surface area contributed by atoms with Crippen molar-refractivity contribution in [3.05, 3.63) is 12.2 Å². The van der Waals surface area contributed by atoms with Gasteiger partial charge >= 0.3 is 0 Å². The fraction of sp³-hybridized carbons (Fsp3) is 0.636. The molecule has 4 heteroatoms. The van der Waals surface area contributed by atoms with E-state index in [9.17, 15) is 14.7 Å². The smallest absolute Gasteiger partial charge is 0.224 e. The Bertz CT molecular complexity index is 284. The first kappa shape index (κ1) is 11.8. The van der Waals surface area contributed by atoms with Crippen LogP contribution in [0, 0.1) is 11.8 Å². The second-order valence-corrected chi connectivity index (χ2v) is 4.14. The maximum absolute atomic E-state index is 11.7. The molecule has 0 aromatic heterocycles. The minimum atomic E-state index is -1.14. The predicted octanol–water partition coefficient (Wildman–Crippen LogP) is -0.157. The average Bonchev–Trinajstić information content (AvgIpc) is 2.16. The van der Waals surface area contributed by atoms with Gasteiger partial charge in [-0.15, -0.1) is 0 Å². The van der Waals surface area contributed by atoms with E-state index in [2.05, 4.69) is 5.32 Å². The van der Waals surface area contributed by atoms with Gasteiger partial charge in [0.25, 0.3) is 0 Å². The Labute approximate surface area is 89.4 Å². The van der Waals surface area contributed by atoms with Crippen molar-refractivity contribution in [3.8, 4) is 0 Å². The third kappa shape index (κ3) is 3.08. The summed E-state index contributed by atoms with van der Waals surface area (Å²) in [6.07, 6.45) is 4.51. The first-order chi connectivity index (χ1) is 7.02. The zero-order valence-electron chi connectivity index (χ0n) is 9.03. The van der Waals surface area contributed by atoms with Gasteiger partial charge in [0, 0.05) is 23.8 Å². The van der Waals surface area contributed by atoms with Gasteiger partial charge in [-0.3, -0.25) is 4.79 Å². The van der Waals surface area contributed by atoms with Gasteiger partial charge in [-0.05, 0) is 26.7 Å². The molecule has 15 heavy (non-hydrogen) atoms. The summed E-state index contributed by atoms with van der Waals surface area (Å²) in [7, 11) is 0. The number of hydrogen-bond acceptors (Lipinski definition) is 3. The van der Waals surface area contributed by atoms with Crippen LogP contribution in [0.5, 0.6) is 0 Å². The monoisotopic (exact) mass is 210 g/mol. The normalized spacial score (nSPS) is 25.3. The third-order valence-electron chi connectivity index (χ3n) is 2.50. The molecule has 0 radical (unpaired) electrons. The summed E-state index contributed by atoms with van der Waals surface area (Å²) < 4.78 is 0. The van der Waals surface area contributed by atoms with E-state index in [-0.39, 0.29) is 11.9 Å². The van der Waals surface area contributed by atoms with Crippen LogP contribution in [0.15, 0.2) is 12.2 Å². The number of carboxylic acids is 1. The molecule has 0 saturated carbocycles. The minimum absolute atomic E-state index is 0.0332. The van der Waals surface area contributed by atoms with Crippen molar-refractivity contribution in [1.82, 2.24) is 5.32 Å². The van der Waals surface area contributed by atoms with Crippen LogP contribution < -0.4 is 10.4 Å². The minimum Gasteiger partial charge on any atom is -0.550 e. The molecule has 1 amide bonds. The van der Waals surface area contributed by atoms with E-state index < -0.39 is 17.8 Å². The fourth-order valence-corrected chi connectivity index (χ4v) is 1.76. The predicted molar refractivity (Wildman–Crippen MR) is 53.6 cm³/mol. The highest BCUT2D eigenvalue weighted by Gasteiger charge is 2.29. The van der Waals surface area contributed by atoms with Gasteiger partial charge in [-0.2, -0.15) is 0 Å². The van der Waals surface area contributed by atoms with E-state index in [0.29, 0.717) is 12.8 Å². The number of carbonyl (C=O) groups excluding carboxylic acids is 2. The summed E-state index contributed by atoms with van der Waals surface area (Å²) in [4.78, 5) is 22.5. The van der Waals surface area contributed by atoms with E-state index in [0.717, 1.165) is 0 Å². The Kier molecular flexibility index (Phi) is 3.88. The second-order valence-electron chi connectivity index (χ2n) is 4.14. The van der Waals surface area contributed by atoms with Gasteiger partial charge in [0.2, 0.25) is 5.91 Å². The molecule has 84 valence electrons. The summed E-state index contributed by atoms with van der Waals surface area (Å²) in [5.41, 5.74) is 0. The Morgan fingerprint density at radius 1 is 1.27 bits per heavy atom. The van der Waals surface area contributed by atoms with Gasteiger partial charge in [0.15, 0.2) is 0 Å². The van der Waals surface area contributed by atoms with Crippen molar-refractivity contribution in [2.75, 3.05) is 0 Å². The van der Waals surface area contributed by atoms with Crippen LogP contribution in [0.4, 0.5) is 0 Å². The molecule has 1 aliphatic rings. The number of carboxylic acid groups (broad SMARTS) is 1. The summed E-state index contributed by atoms with van der Waals surface area (Å²) in [6.45, 7) is 3.70. The molecule has 2 atom stereocenters. The average molecular weight is 210 g/mol. The summed E-state index contributed by atoms with van der Waals surface area (Å²) >= 11 is 0. The van der Waals surface area contributed by atoms with Gasteiger partial charge in [-0.25, -0.2) is 0 Å². The van der Waals surface area contributed by atoms with Gasteiger partial charge in [-0.1, -0.05) is 12.2 Å². The molecule has 0 heterocycles. The molecule has 0 unspecified atom stereocenters. The molecule has 0 bridgehead atoms. The Hall–Kier alpha value is -1.32. The second kappa shape index (κ2) is 4.96. The molecular weight excluding hydrogens is 194 g/mol. The number of aliphatic carboxylic acids is 1. The maximum Gasteiger partial charge on any atom is 0.224 e. The zero-order chi connectivity index (χ0) is 11.4. The van der Waals surface area contributed by atoms with E-state index in [1.54, 1.807) is 6.08 Å². The van der Waals surface area contributed by atoms with Crippen molar-refractivity contribution >= 4 is 11.9 Å². The molecule has 0 aromatic rings. The van der Waals surface area contributed by atoms with Crippen molar-refractivity contribution in [2.45, 2.75) is 32.7 Å². The topological polar surface area (TPSA) is 69.2 Å². The highest BCUT2D eigenvalue weighted by atomic mass is 16.4. The molecular formula is C11H16NO3-. The van der Waals surface area contributed by atoms with Crippen LogP contribution in [0.2, 0.25) is 0 Å². The molecule has 0 spiro atoms. The number of rotatable bonds is 3. The van der Waals surface area contributed by atoms with Crippen LogP contribution in [-0.2, 0) is 9.59 Å². The number of nitrogens with one attached hydrogen (secondary N) is 1. The zero-order valence-corrected chi connectivity index (χ0v) is 9.03. The lowest BCUT2D eigenvalue weighted by Gasteiger charge is -2.28. The first-order valence-electron chi connectivity index (χ1n) is 5.18. The van der Waals surface area contributed by atoms with Crippen molar-refractivity contribution in [3.63, 3.8) is 0 Å². The third-order valence-corrected chi connectivity index (χ3v) is 2.50. The lowest BCUT2D eigenvalue weighted by Crippen LogP contribution is -2.45. The van der Waals surface area contributed by atoms with Crippen LogP contribution in [0.25, 0.3) is 0 Å². The van der Waals surface area contributed by atoms with E-state index in [4.69, 9.17) is 0 Å². The highest BCUT2D eigenvalue weighted by molar-refractivity contribution is 5.84. The quantitative estimate of drug-likeness (QED) is 0.658. The van der Waals surface area contributed by atoms with Gasteiger partial charge in [0.05, 0.1) is 0 Å². The van der Waals surface area contributed by atoms with Crippen LogP contribution >= 0.6 is 0 Å². The lowest BCUT2D eigenvalue weighted by atomic mass is 9.82. The van der Waals surface area contributed by atoms with E-state index in [1.807, 2.05) is 19.9 Å². The number of amides is 1. The largest absolute Gasteiger partial charge is 0.550 e. The lowest BCUT2D eigenvalue weighted by molar-refractivity contribution is -0.313. The van der Waals surface area contributed by atoms with Gasteiger partial charge in [0.1, 0.15) is 0 Å². The molecule has 0 aromatic carbocycles. The standard InChI is InChI=1S/C11H17NO3/c1-7(2)12-10(13)8-5-3-4-6-9(8)11(14)15/h3-4,7-9H,5-6H2,1-2H3,(H,12,13)(H,14,15)/p-1/t8-,9+/m0/s1. The Morgan fingerprint density at radius 3 is 2.27 bits per heavy atom. The van der Waals surface area contributed by atoms with Crippen molar-refractivity contribution in [2.24, 2.45) is 11.8 Å². The summed E-state index contributed by atoms with van der Waals surface area (Å²) in [5.74, 6) is -2.50. The van der Waals surface area contributed by atoms with Crippen molar-refractivity contribution < 1.29 is 14.7 Å². The molecule has 4 nitrogen and oxygen atoms in total. The van der Waals surface area contributed by atoms with Crippen LogP contribution in [-0.4, -0.2) is 17.9 Å². The number of hydrogen-bond donors (Lipinski definition) is 1. The van der Waals surface area contributed by atoms with Crippen LogP contribution in [0.1, 0.15) is 26.7 Å². The fourth-order valence-electron chi connectivity index (χ4n) is 1.76. The molecule has 1 N–H and O–H groups in total.